The van der Waals surface area contributed by atoms with E-state index in [9.17, 15) is 24.3 Å². The number of alkyl carbamates (subject to hydrolysis) is 1. The van der Waals surface area contributed by atoms with Crippen molar-refractivity contribution in [3.8, 4) is 16.5 Å². The molecule has 3 N–H and O–H groups in total. The Bertz CT molecular complexity index is 1740. The smallest absolute Gasteiger partial charge is 0.408 e. The molecule has 2 aliphatic heterocycles. The number of thiophene rings is 1. The summed E-state index contributed by atoms with van der Waals surface area (Å²) >= 11 is 1.48. The number of carboxylic acid groups (broad SMARTS) is 1. The number of nitrogens with one attached hydrogen (secondary N) is 2. The Kier molecular flexibility index (Phi) is 9.20. The van der Waals surface area contributed by atoms with Crippen molar-refractivity contribution >= 4 is 45.4 Å². The van der Waals surface area contributed by atoms with E-state index in [-0.39, 0.29) is 25.3 Å². The summed E-state index contributed by atoms with van der Waals surface area (Å²) in [5.74, 6) is -1.09. The zero-order valence-corrected chi connectivity index (χ0v) is 28.4. The van der Waals surface area contributed by atoms with Crippen molar-refractivity contribution in [2.45, 2.75) is 95.0 Å². The Morgan fingerprint density at radius 2 is 1.98 bits per heavy atom. The molecule has 0 radical (unpaired) electrons. The summed E-state index contributed by atoms with van der Waals surface area (Å²) in [7, 11) is 1.92. The number of allylic oxidation sites excluding steroid dienone is 1. The minimum Gasteiger partial charge on any atom is -0.487 e. The Morgan fingerprint density at radius 3 is 2.71 bits per heavy atom. The molecule has 13 nitrogen and oxygen atoms in total. The zero-order chi connectivity index (χ0) is 34.2. The maximum Gasteiger partial charge on any atom is 0.408 e. The van der Waals surface area contributed by atoms with E-state index in [0.29, 0.717) is 18.6 Å². The third-order valence-corrected chi connectivity index (χ3v) is 10.2. The van der Waals surface area contributed by atoms with Crippen LogP contribution in [-0.2, 0) is 26.2 Å². The van der Waals surface area contributed by atoms with Gasteiger partial charge in [-0.15, -0.1) is 11.3 Å². The van der Waals surface area contributed by atoms with E-state index in [2.05, 4.69) is 20.6 Å². The molecule has 3 aromatic rings. The molecule has 0 bridgehead atoms. The van der Waals surface area contributed by atoms with Gasteiger partial charge in [0.2, 0.25) is 11.8 Å². The van der Waals surface area contributed by atoms with Crippen LogP contribution in [0.25, 0.3) is 20.9 Å². The highest BCUT2D eigenvalue weighted by molar-refractivity contribution is 7.22. The number of imidazole rings is 1. The number of hydrogen-bond donors (Lipinski definition) is 3. The zero-order valence-electron chi connectivity index (χ0n) is 27.6. The van der Waals surface area contributed by atoms with Gasteiger partial charge < -0.3 is 34.7 Å². The van der Waals surface area contributed by atoms with Gasteiger partial charge in [-0.2, -0.15) is 0 Å². The monoisotopic (exact) mass is 678 g/mol. The lowest BCUT2D eigenvalue weighted by Crippen LogP contribution is -2.56. The van der Waals surface area contributed by atoms with Gasteiger partial charge in [-0.3, -0.25) is 14.6 Å². The van der Waals surface area contributed by atoms with Gasteiger partial charge in [-0.1, -0.05) is 25.0 Å². The Balaban J connectivity index is 1.29. The molecule has 0 spiro atoms. The topological polar surface area (TPSA) is 165 Å². The summed E-state index contributed by atoms with van der Waals surface area (Å²) in [5, 5.41) is 15.7. The molecule has 1 saturated heterocycles. The maximum atomic E-state index is 14.3. The first-order valence-corrected chi connectivity index (χ1v) is 17.2. The van der Waals surface area contributed by atoms with Crippen LogP contribution in [-0.4, -0.2) is 84.3 Å². The number of ether oxygens (including phenoxy) is 2. The second-order valence-electron chi connectivity index (χ2n) is 13.8. The average Bonchev–Trinajstić information content (AvgIpc) is 3.36. The van der Waals surface area contributed by atoms with E-state index in [1.807, 2.05) is 36.0 Å². The number of nitrogens with zero attached hydrogens (tertiary/aromatic N) is 4. The molecule has 6 rings (SSSR count). The molecule has 3 aliphatic rings. The summed E-state index contributed by atoms with van der Waals surface area (Å²) in [5.41, 5.74) is -1.46. The van der Waals surface area contributed by atoms with Crippen molar-refractivity contribution in [3.05, 3.63) is 42.9 Å². The van der Waals surface area contributed by atoms with Gasteiger partial charge in [0.1, 0.15) is 40.9 Å². The third-order valence-electron chi connectivity index (χ3n) is 9.02. The van der Waals surface area contributed by atoms with Crippen molar-refractivity contribution in [3.63, 3.8) is 0 Å². The molecule has 0 unspecified atom stereocenters. The highest BCUT2D eigenvalue weighted by Gasteiger charge is 2.61. The molecule has 3 amide bonds. The Labute approximate surface area is 282 Å². The van der Waals surface area contributed by atoms with Crippen molar-refractivity contribution < 1.29 is 33.8 Å². The number of aliphatic carboxylic acids is 1. The maximum absolute atomic E-state index is 14.3. The van der Waals surface area contributed by atoms with Crippen LogP contribution in [0.3, 0.4) is 0 Å². The summed E-state index contributed by atoms with van der Waals surface area (Å²) < 4.78 is 14.7. The normalized spacial score (nSPS) is 27.2. The van der Waals surface area contributed by atoms with Gasteiger partial charge in [-0.25, -0.2) is 14.6 Å². The molecule has 48 heavy (non-hydrogen) atoms. The van der Waals surface area contributed by atoms with Crippen molar-refractivity contribution in [2.75, 3.05) is 6.54 Å². The third kappa shape index (κ3) is 7.03. The fourth-order valence-corrected chi connectivity index (χ4v) is 7.61. The van der Waals surface area contributed by atoms with E-state index in [1.54, 1.807) is 39.2 Å². The number of pyridine rings is 1. The number of fused-ring (bicyclic) bond motifs is 3. The van der Waals surface area contributed by atoms with Crippen LogP contribution in [0, 0.1) is 5.92 Å². The van der Waals surface area contributed by atoms with Crippen molar-refractivity contribution in [2.24, 2.45) is 13.0 Å². The molecule has 5 atom stereocenters. The number of carboxylic acids is 1. The summed E-state index contributed by atoms with van der Waals surface area (Å²) in [6.07, 6.45) is 11.6. The predicted molar refractivity (Wildman–Crippen MR) is 178 cm³/mol. The number of amides is 3. The van der Waals surface area contributed by atoms with E-state index in [1.165, 1.54) is 16.2 Å². The summed E-state index contributed by atoms with van der Waals surface area (Å²) in [6, 6.07) is 1.75. The molecule has 2 fully saturated rings. The first-order chi connectivity index (χ1) is 22.8. The lowest BCUT2D eigenvalue weighted by molar-refractivity contribution is -0.145. The molecular formula is C34H42N6O7S. The largest absolute Gasteiger partial charge is 0.487 e. The van der Waals surface area contributed by atoms with Crippen LogP contribution in [0.2, 0.25) is 0 Å². The molecule has 5 heterocycles. The van der Waals surface area contributed by atoms with Crippen LogP contribution in [0.4, 0.5) is 4.79 Å². The number of carbonyl (C=O) groups is 4. The molecule has 1 aliphatic carbocycles. The SMILES string of the molecule is Cn1ccnc1-c1cc2nccc(O[C@@H]3C[C@H]4C(=O)N[C@]5(C(=O)O)C[C@H]5/C=C\CCCCC[C@H](NC(=O)OC(C)(C)C)C(=O)N4C3)c2s1. The molecule has 0 aromatic carbocycles. The second kappa shape index (κ2) is 13.2. The predicted octanol–water partition coefficient (Wildman–Crippen LogP) is 4.42. The van der Waals surface area contributed by atoms with Crippen molar-refractivity contribution in [1.29, 1.82) is 0 Å². The van der Waals surface area contributed by atoms with Gasteiger partial charge in [0.05, 0.1) is 21.6 Å². The molecular weight excluding hydrogens is 636 g/mol. The highest BCUT2D eigenvalue weighted by Crippen LogP contribution is 2.45. The van der Waals surface area contributed by atoms with Gasteiger partial charge in [0.25, 0.3) is 0 Å². The van der Waals surface area contributed by atoms with Gasteiger partial charge in [0, 0.05) is 38.0 Å². The molecule has 1 saturated carbocycles. The standard InChI is InChI=1S/C34H42N6O7S/c1-33(2,3)47-32(45)37-22-11-9-7-5-6-8-10-20-18-34(20,31(43)44)38-29(41)24-16-21(19-40(24)30(22)42)46-25-12-13-35-23-17-26(48-27(23)25)28-36-14-15-39(28)4/h8,10,12-15,17,20-22,24H,5-7,9,11,16,18-19H2,1-4H3,(H,37,45)(H,38,41)(H,43,44)/b10-8-/t20-,21-,22+,24+,34-/m1/s1. The number of aromatic nitrogens is 3. The number of carbonyl (C=O) groups excluding carboxylic acids is 3. The Morgan fingerprint density at radius 1 is 1.17 bits per heavy atom. The molecule has 256 valence electrons. The van der Waals surface area contributed by atoms with E-state index < -0.39 is 53.2 Å². The average molecular weight is 679 g/mol. The van der Waals surface area contributed by atoms with Gasteiger partial charge in [0.15, 0.2) is 0 Å². The minimum absolute atomic E-state index is 0.0637. The van der Waals surface area contributed by atoms with Crippen LogP contribution in [0.15, 0.2) is 42.9 Å². The highest BCUT2D eigenvalue weighted by atomic mass is 32.1. The van der Waals surface area contributed by atoms with Crippen LogP contribution in [0.1, 0.15) is 65.7 Å². The van der Waals surface area contributed by atoms with Gasteiger partial charge in [-0.05, 0) is 58.6 Å². The van der Waals surface area contributed by atoms with Gasteiger partial charge >= 0.3 is 12.1 Å². The van der Waals surface area contributed by atoms with E-state index >= 15 is 0 Å². The van der Waals surface area contributed by atoms with Crippen LogP contribution >= 0.6 is 11.3 Å². The quantitative estimate of drug-likeness (QED) is 0.332. The lowest BCUT2D eigenvalue weighted by Gasteiger charge is -2.30. The number of hydrogen-bond acceptors (Lipinski definition) is 9. The second-order valence-corrected chi connectivity index (χ2v) is 14.9. The summed E-state index contributed by atoms with van der Waals surface area (Å²) in [6.45, 7) is 5.29. The van der Waals surface area contributed by atoms with Crippen molar-refractivity contribution in [1.82, 2.24) is 30.1 Å². The number of rotatable bonds is 5. The van der Waals surface area contributed by atoms with Crippen LogP contribution < -0.4 is 15.4 Å². The van der Waals surface area contributed by atoms with E-state index in [0.717, 1.165) is 40.2 Å². The summed E-state index contributed by atoms with van der Waals surface area (Å²) in [4.78, 5) is 64.8. The first-order valence-electron chi connectivity index (χ1n) is 16.4. The number of aryl methyl sites for hydroxylation is 1. The fraction of sp³-hybridized carbons (Fsp3) is 0.529. The van der Waals surface area contributed by atoms with Crippen LogP contribution in [0.5, 0.6) is 5.75 Å². The molecule has 3 aromatic heterocycles. The Hall–Kier alpha value is -4.46. The lowest BCUT2D eigenvalue weighted by atomic mass is 10.0. The molecule has 14 heteroatoms. The first kappa shape index (κ1) is 33.4. The van der Waals surface area contributed by atoms with E-state index in [4.69, 9.17) is 9.47 Å². The minimum atomic E-state index is -1.43. The fourth-order valence-electron chi connectivity index (χ4n) is 6.50.